The van der Waals surface area contributed by atoms with E-state index in [1.54, 1.807) is 0 Å². The monoisotopic (exact) mass is 300 g/mol. The molecular formula is C14H15F3N2O2. The van der Waals surface area contributed by atoms with Crippen LogP contribution in [0.4, 0.5) is 18.0 Å². The van der Waals surface area contributed by atoms with Crippen LogP contribution in [0.25, 0.3) is 0 Å². The van der Waals surface area contributed by atoms with Gasteiger partial charge in [-0.15, -0.1) is 0 Å². The second kappa shape index (κ2) is 5.75. The van der Waals surface area contributed by atoms with Gasteiger partial charge in [-0.1, -0.05) is 12.1 Å². The van der Waals surface area contributed by atoms with Gasteiger partial charge < -0.3 is 10.2 Å². The minimum Gasteiger partial charge on any atom is -0.331 e. The molecule has 1 aliphatic heterocycles. The van der Waals surface area contributed by atoms with Crippen molar-refractivity contribution in [3.63, 3.8) is 0 Å². The number of hydrogen-bond donors (Lipinski definition) is 1. The second-order valence-corrected chi connectivity index (χ2v) is 5.08. The van der Waals surface area contributed by atoms with E-state index >= 15 is 0 Å². The Morgan fingerprint density at radius 2 is 1.81 bits per heavy atom. The van der Waals surface area contributed by atoms with Crippen LogP contribution in [0.2, 0.25) is 0 Å². The first kappa shape index (κ1) is 15.3. The molecule has 1 heterocycles. The van der Waals surface area contributed by atoms with E-state index in [2.05, 4.69) is 5.32 Å². The van der Waals surface area contributed by atoms with Crippen LogP contribution >= 0.6 is 0 Å². The number of ketones is 1. The smallest absolute Gasteiger partial charge is 0.331 e. The lowest BCUT2D eigenvalue weighted by Gasteiger charge is -2.39. The van der Waals surface area contributed by atoms with Crippen molar-refractivity contribution in [2.45, 2.75) is 19.0 Å². The van der Waals surface area contributed by atoms with Crippen LogP contribution in [0.1, 0.15) is 24.0 Å². The van der Waals surface area contributed by atoms with Crippen LogP contribution in [-0.4, -0.2) is 36.3 Å². The maximum atomic E-state index is 12.4. The van der Waals surface area contributed by atoms with Gasteiger partial charge in [0.25, 0.3) is 0 Å². The molecule has 0 radical (unpaired) electrons. The zero-order valence-corrected chi connectivity index (χ0v) is 11.4. The molecule has 0 atom stereocenters. The third kappa shape index (κ3) is 3.74. The number of urea groups is 1. The number of amides is 2. The predicted molar refractivity (Wildman–Crippen MR) is 69.8 cm³/mol. The Morgan fingerprint density at radius 3 is 2.29 bits per heavy atom. The van der Waals surface area contributed by atoms with Crippen molar-refractivity contribution in [3.05, 3.63) is 35.4 Å². The third-order valence-electron chi connectivity index (χ3n) is 3.37. The van der Waals surface area contributed by atoms with Crippen molar-refractivity contribution in [2.24, 2.45) is 0 Å². The van der Waals surface area contributed by atoms with Crippen molar-refractivity contribution < 1.29 is 22.8 Å². The first-order chi connectivity index (χ1) is 9.77. The largest absolute Gasteiger partial charge is 0.416 e. The first-order valence-electron chi connectivity index (χ1n) is 6.46. The van der Waals surface area contributed by atoms with E-state index in [-0.39, 0.29) is 24.3 Å². The maximum absolute atomic E-state index is 12.4. The molecule has 0 aromatic heterocycles. The first-order valence-corrected chi connectivity index (χ1v) is 6.46. The van der Waals surface area contributed by atoms with Gasteiger partial charge in [0.15, 0.2) is 0 Å². The number of nitrogens with zero attached hydrogens (tertiary/aromatic N) is 1. The van der Waals surface area contributed by atoms with Gasteiger partial charge in [-0.25, -0.2) is 4.79 Å². The van der Waals surface area contributed by atoms with E-state index in [0.29, 0.717) is 13.1 Å². The summed E-state index contributed by atoms with van der Waals surface area (Å²) in [5.41, 5.74) is 0.0975. The topological polar surface area (TPSA) is 49.4 Å². The molecule has 114 valence electrons. The number of hydrogen-bond acceptors (Lipinski definition) is 2. The van der Waals surface area contributed by atoms with Gasteiger partial charge in [-0.2, -0.15) is 13.2 Å². The highest BCUT2D eigenvalue weighted by molar-refractivity contribution is 5.84. The van der Waals surface area contributed by atoms with Crippen LogP contribution < -0.4 is 5.32 Å². The van der Waals surface area contributed by atoms with Crippen molar-refractivity contribution >= 4 is 11.8 Å². The minimum atomic E-state index is -4.34. The summed E-state index contributed by atoms with van der Waals surface area (Å²) in [6.45, 7) is 2.24. The lowest BCUT2D eigenvalue weighted by Crippen LogP contribution is -2.53. The van der Waals surface area contributed by atoms with Gasteiger partial charge in [0.1, 0.15) is 5.78 Å². The van der Waals surface area contributed by atoms with Crippen molar-refractivity contribution in [1.82, 2.24) is 10.2 Å². The lowest BCUT2D eigenvalue weighted by atomic mass is 9.91. The Morgan fingerprint density at radius 1 is 1.24 bits per heavy atom. The molecule has 1 aliphatic rings. The molecular weight excluding hydrogens is 285 g/mol. The summed E-state index contributed by atoms with van der Waals surface area (Å²) in [6.07, 6.45) is -4.34. The molecule has 1 aromatic carbocycles. The molecule has 1 aromatic rings. The molecule has 0 unspecified atom stereocenters. The normalized spacial score (nSPS) is 15.5. The fraction of sp³-hybridized carbons (Fsp3) is 0.429. The fourth-order valence-electron chi connectivity index (χ4n) is 2.11. The molecule has 0 saturated carbocycles. The highest BCUT2D eigenvalue weighted by Crippen LogP contribution is 2.32. The highest BCUT2D eigenvalue weighted by atomic mass is 19.4. The number of benzene rings is 1. The number of carbonyl (C=O) groups excluding carboxylic acids is 2. The van der Waals surface area contributed by atoms with Crippen LogP contribution in [0.3, 0.4) is 0 Å². The van der Waals surface area contributed by atoms with E-state index in [0.717, 1.165) is 17.7 Å². The molecule has 0 spiro atoms. The fourth-order valence-corrected chi connectivity index (χ4v) is 2.11. The average Bonchev–Trinajstić information content (AvgIpc) is 2.34. The van der Waals surface area contributed by atoms with Gasteiger partial charge in [-0.3, -0.25) is 4.79 Å². The molecule has 7 heteroatoms. The van der Waals surface area contributed by atoms with E-state index in [4.69, 9.17) is 0 Å². The quantitative estimate of drug-likeness (QED) is 0.932. The van der Waals surface area contributed by atoms with Crippen molar-refractivity contribution in [2.75, 3.05) is 19.6 Å². The molecule has 1 saturated heterocycles. The summed E-state index contributed by atoms with van der Waals surface area (Å²) < 4.78 is 37.3. The Kier molecular flexibility index (Phi) is 4.20. The molecule has 21 heavy (non-hydrogen) atoms. The number of nitrogens with one attached hydrogen (secondary N) is 1. The average molecular weight is 300 g/mol. The molecule has 2 rings (SSSR count). The third-order valence-corrected chi connectivity index (χ3v) is 3.37. The highest BCUT2D eigenvalue weighted by Gasteiger charge is 2.33. The number of carbonyl (C=O) groups is 2. The minimum absolute atomic E-state index is 0.0136. The molecule has 0 aliphatic carbocycles. The SMILES string of the molecule is CC(=O)CNC(=O)N1CC(c2ccc(C(F)(F)F)cc2)C1. The Labute approximate surface area is 119 Å². The maximum Gasteiger partial charge on any atom is 0.416 e. The Bertz CT molecular complexity index is 534. The Balaban J connectivity index is 1.87. The molecule has 2 amide bonds. The Hall–Kier alpha value is -2.05. The molecule has 0 bridgehead atoms. The molecule has 4 nitrogen and oxygen atoms in total. The second-order valence-electron chi connectivity index (χ2n) is 5.08. The standard InChI is InChI=1S/C14H15F3N2O2/c1-9(20)6-18-13(21)19-7-11(8-19)10-2-4-12(5-3-10)14(15,16)17/h2-5,11H,6-8H2,1H3,(H,18,21). The predicted octanol–water partition coefficient (Wildman–Crippen LogP) is 2.40. The van der Waals surface area contributed by atoms with Gasteiger partial charge in [0.2, 0.25) is 0 Å². The van der Waals surface area contributed by atoms with Crippen LogP contribution in [-0.2, 0) is 11.0 Å². The number of rotatable bonds is 3. The summed E-state index contributed by atoms with van der Waals surface area (Å²) >= 11 is 0. The van der Waals surface area contributed by atoms with Gasteiger partial charge in [-0.05, 0) is 24.6 Å². The summed E-state index contributed by atoms with van der Waals surface area (Å²) in [5, 5.41) is 2.47. The van der Waals surface area contributed by atoms with Crippen molar-refractivity contribution in [1.29, 1.82) is 0 Å². The lowest BCUT2D eigenvalue weighted by molar-refractivity contribution is -0.137. The van der Waals surface area contributed by atoms with Crippen LogP contribution in [0.15, 0.2) is 24.3 Å². The number of alkyl halides is 3. The summed E-state index contributed by atoms with van der Waals surface area (Å²) in [5.74, 6) is -0.0986. The van der Waals surface area contributed by atoms with E-state index in [9.17, 15) is 22.8 Å². The zero-order chi connectivity index (χ0) is 15.6. The van der Waals surface area contributed by atoms with Gasteiger partial charge in [0, 0.05) is 19.0 Å². The number of likely N-dealkylation sites (tertiary alicyclic amines) is 1. The molecule has 1 N–H and O–H groups in total. The number of halogens is 3. The van der Waals surface area contributed by atoms with Crippen LogP contribution in [0.5, 0.6) is 0 Å². The van der Waals surface area contributed by atoms with E-state index < -0.39 is 11.7 Å². The van der Waals surface area contributed by atoms with Crippen molar-refractivity contribution in [3.8, 4) is 0 Å². The van der Waals surface area contributed by atoms with Gasteiger partial charge >= 0.3 is 12.2 Å². The summed E-state index contributed by atoms with van der Waals surface area (Å²) in [4.78, 5) is 23.9. The number of Topliss-reactive ketones (excluding diaryl/α,β-unsaturated/α-hetero) is 1. The summed E-state index contributed by atoms with van der Waals surface area (Å²) in [6, 6.07) is 4.66. The van der Waals surface area contributed by atoms with E-state index in [1.807, 2.05) is 0 Å². The van der Waals surface area contributed by atoms with E-state index in [1.165, 1.54) is 24.0 Å². The van der Waals surface area contributed by atoms with Crippen LogP contribution in [0, 0.1) is 0 Å². The zero-order valence-electron chi connectivity index (χ0n) is 11.4. The van der Waals surface area contributed by atoms with Gasteiger partial charge in [0.05, 0.1) is 12.1 Å². The summed E-state index contributed by atoms with van der Waals surface area (Å²) in [7, 11) is 0. The molecule has 1 fully saturated rings.